The van der Waals surface area contributed by atoms with Crippen molar-refractivity contribution in [3.05, 3.63) is 59.7 Å². The van der Waals surface area contributed by atoms with E-state index in [2.05, 4.69) is 23.2 Å². The predicted octanol–water partition coefficient (Wildman–Crippen LogP) is 3.58. The molecule has 1 amide bonds. The van der Waals surface area contributed by atoms with Gasteiger partial charge >= 0.3 is 0 Å². The maximum atomic E-state index is 11.8. The van der Waals surface area contributed by atoms with Gasteiger partial charge in [-0.25, -0.2) is 5.01 Å². The molecule has 1 atom stereocenters. The summed E-state index contributed by atoms with van der Waals surface area (Å²) in [5.41, 5.74) is 2.69. The number of amides is 1. The summed E-state index contributed by atoms with van der Waals surface area (Å²) in [6, 6.07) is 16.4. The Morgan fingerprint density at radius 2 is 1.86 bits per heavy atom. The van der Waals surface area contributed by atoms with E-state index in [9.17, 15) is 4.79 Å². The number of rotatable bonds is 2. The van der Waals surface area contributed by atoms with Crippen LogP contribution in [0.15, 0.2) is 53.6 Å². The van der Waals surface area contributed by atoms with E-state index in [1.165, 1.54) is 5.56 Å². The van der Waals surface area contributed by atoms with Crippen LogP contribution in [0.3, 0.4) is 0 Å². The molecule has 6 heteroatoms. The van der Waals surface area contributed by atoms with Crippen LogP contribution >= 0.6 is 0 Å². The third-order valence-corrected chi connectivity index (χ3v) is 6.31. The normalized spacial score (nSPS) is 21.9. The minimum Gasteiger partial charge on any atom is -0.496 e. The zero-order chi connectivity index (χ0) is 20.0. The molecule has 1 spiro atoms. The topological polar surface area (TPSA) is 54.4 Å². The van der Waals surface area contributed by atoms with Crippen molar-refractivity contribution in [2.24, 2.45) is 5.10 Å². The number of methoxy groups -OCH3 is 1. The second-order valence-corrected chi connectivity index (χ2v) is 7.90. The molecule has 3 aliphatic heterocycles. The summed E-state index contributed by atoms with van der Waals surface area (Å²) >= 11 is 0. The van der Waals surface area contributed by atoms with Crippen molar-refractivity contribution < 1.29 is 14.3 Å². The lowest BCUT2D eigenvalue weighted by Crippen LogP contribution is -2.59. The van der Waals surface area contributed by atoms with E-state index in [-0.39, 0.29) is 11.9 Å². The van der Waals surface area contributed by atoms with E-state index in [0.717, 1.165) is 42.0 Å². The fourth-order valence-corrected chi connectivity index (χ4v) is 4.78. The minimum absolute atomic E-state index is 0.118. The molecule has 0 radical (unpaired) electrons. The van der Waals surface area contributed by atoms with Crippen LogP contribution in [0.1, 0.15) is 43.4 Å². The number of benzene rings is 2. The minimum atomic E-state index is -0.519. The summed E-state index contributed by atoms with van der Waals surface area (Å²) in [5, 5.41) is 7.24. The smallest absolute Gasteiger partial charge is 0.219 e. The molecule has 150 valence electrons. The van der Waals surface area contributed by atoms with Gasteiger partial charge in [0.25, 0.3) is 0 Å². The molecule has 0 bridgehead atoms. The van der Waals surface area contributed by atoms with Gasteiger partial charge in [0.15, 0.2) is 0 Å². The van der Waals surface area contributed by atoms with Crippen molar-refractivity contribution in [3.8, 4) is 11.5 Å². The first-order chi connectivity index (χ1) is 14.1. The molecule has 3 heterocycles. The Bertz CT molecular complexity index is 979. The van der Waals surface area contributed by atoms with Crippen LogP contribution in [-0.2, 0) is 4.79 Å². The van der Waals surface area contributed by atoms with E-state index >= 15 is 0 Å². The van der Waals surface area contributed by atoms with E-state index in [1.807, 2.05) is 35.2 Å². The highest BCUT2D eigenvalue weighted by Crippen LogP contribution is 2.50. The fourth-order valence-electron chi connectivity index (χ4n) is 4.78. The Balaban J connectivity index is 1.56. The molecular formula is C23H25N3O3. The molecule has 1 fully saturated rings. The van der Waals surface area contributed by atoms with Crippen molar-refractivity contribution in [1.82, 2.24) is 9.91 Å². The number of para-hydroxylation sites is 2. The molecule has 0 unspecified atom stereocenters. The van der Waals surface area contributed by atoms with E-state index < -0.39 is 5.72 Å². The van der Waals surface area contributed by atoms with Gasteiger partial charge in [0.05, 0.1) is 18.9 Å². The van der Waals surface area contributed by atoms with Gasteiger partial charge in [-0.05, 0) is 18.2 Å². The van der Waals surface area contributed by atoms with Gasteiger partial charge in [-0.1, -0.05) is 30.3 Å². The molecule has 29 heavy (non-hydrogen) atoms. The quantitative estimate of drug-likeness (QED) is 0.785. The lowest BCUT2D eigenvalue weighted by Gasteiger charge is -2.51. The third kappa shape index (κ3) is 2.85. The largest absolute Gasteiger partial charge is 0.496 e. The maximum absolute atomic E-state index is 11.8. The average molecular weight is 391 g/mol. The lowest BCUT2D eigenvalue weighted by molar-refractivity contribution is -0.158. The molecule has 0 N–H and O–H groups in total. The first kappa shape index (κ1) is 18.0. The summed E-state index contributed by atoms with van der Waals surface area (Å²) in [6.07, 6.45) is 2.28. The summed E-state index contributed by atoms with van der Waals surface area (Å²) in [7, 11) is 1.69. The summed E-state index contributed by atoms with van der Waals surface area (Å²) in [4.78, 5) is 13.7. The van der Waals surface area contributed by atoms with Crippen LogP contribution in [0, 0.1) is 0 Å². The number of nitrogens with zero attached hydrogens (tertiary/aromatic N) is 3. The molecule has 0 aliphatic carbocycles. The molecule has 3 aliphatic rings. The highest BCUT2D eigenvalue weighted by atomic mass is 16.5. The highest BCUT2D eigenvalue weighted by Gasteiger charge is 2.52. The molecule has 5 rings (SSSR count). The van der Waals surface area contributed by atoms with Gasteiger partial charge in [-0.3, -0.25) is 4.79 Å². The van der Waals surface area contributed by atoms with Crippen LogP contribution in [0.2, 0.25) is 0 Å². The third-order valence-electron chi connectivity index (χ3n) is 6.31. The summed E-state index contributed by atoms with van der Waals surface area (Å²) in [5.74, 6) is 1.88. The van der Waals surface area contributed by atoms with Crippen LogP contribution in [0.5, 0.6) is 11.5 Å². The second-order valence-electron chi connectivity index (χ2n) is 7.90. The Kier molecular flexibility index (Phi) is 4.23. The molecule has 0 saturated carbocycles. The standard InChI is InChI=1S/C23H25N3O3/c1-16(27)25-13-11-23(12-14-25)26-20(18-8-4-6-10-22(18)29-23)15-19(24-26)17-7-3-5-9-21(17)28-2/h3-10,20H,11-15H2,1-2H3/t20-/m1/s1. The SMILES string of the molecule is COc1ccccc1C1=NN2[C@H](C1)c1ccccc1OC21CCN(C(C)=O)CC1. The van der Waals surface area contributed by atoms with Gasteiger partial charge in [-0.15, -0.1) is 0 Å². The molecule has 1 saturated heterocycles. The second kappa shape index (κ2) is 6.79. The zero-order valence-corrected chi connectivity index (χ0v) is 16.8. The first-order valence-electron chi connectivity index (χ1n) is 10.1. The Labute approximate surface area is 170 Å². The number of hydrazone groups is 1. The molecule has 2 aromatic carbocycles. The number of likely N-dealkylation sites (tertiary alicyclic amines) is 1. The zero-order valence-electron chi connectivity index (χ0n) is 16.8. The van der Waals surface area contributed by atoms with E-state index in [0.29, 0.717) is 13.1 Å². The van der Waals surface area contributed by atoms with Crippen molar-refractivity contribution >= 4 is 11.6 Å². The Morgan fingerprint density at radius 1 is 1.14 bits per heavy atom. The van der Waals surface area contributed by atoms with E-state index in [4.69, 9.17) is 14.6 Å². The molecular weight excluding hydrogens is 366 g/mol. The predicted molar refractivity (Wildman–Crippen MR) is 110 cm³/mol. The average Bonchev–Trinajstić information content (AvgIpc) is 3.21. The van der Waals surface area contributed by atoms with Crippen LogP contribution in [-0.4, -0.2) is 47.5 Å². The summed E-state index contributed by atoms with van der Waals surface area (Å²) in [6.45, 7) is 2.99. The molecule has 0 aromatic heterocycles. The van der Waals surface area contributed by atoms with Crippen LogP contribution in [0.25, 0.3) is 0 Å². The number of ether oxygens (including phenoxy) is 2. The van der Waals surface area contributed by atoms with Crippen molar-refractivity contribution in [2.75, 3.05) is 20.2 Å². The molecule has 6 nitrogen and oxygen atoms in total. The van der Waals surface area contributed by atoms with Gasteiger partial charge in [0.2, 0.25) is 11.6 Å². The van der Waals surface area contributed by atoms with Gasteiger partial charge in [-0.2, -0.15) is 5.10 Å². The summed E-state index contributed by atoms with van der Waals surface area (Å²) < 4.78 is 12.2. The van der Waals surface area contributed by atoms with Crippen molar-refractivity contribution in [1.29, 1.82) is 0 Å². The number of carbonyl (C=O) groups is 1. The lowest BCUT2D eigenvalue weighted by atomic mass is 9.90. The van der Waals surface area contributed by atoms with Gasteiger partial charge in [0.1, 0.15) is 11.5 Å². The van der Waals surface area contributed by atoms with Crippen molar-refractivity contribution in [2.45, 2.75) is 38.0 Å². The molecule has 2 aromatic rings. The van der Waals surface area contributed by atoms with Gasteiger partial charge < -0.3 is 14.4 Å². The van der Waals surface area contributed by atoms with Crippen LogP contribution in [0.4, 0.5) is 0 Å². The highest BCUT2D eigenvalue weighted by molar-refractivity contribution is 6.04. The Morgan fingerprint density at radius 3 is 2.62 bits per heavy atom. The maximum Gasteiger partial charge on any atom is 0.219 e. The number of piperidine rings is 1. The van der Waals surface area contributed by atoms with Gasteiger partial charge in [0, 0.05) is 50.4 Å². The number of carbonyl (C=O) groups excluding carboxylic acids is 1. The number of hydrogen-bond donors (Lipinski definition) is 0. The number of fused-ring (bicyclic) bond motifs is 4. The van der Waals surface area contributed by atoms with E-state index in [1.54, 1.807) is 14.0 Å². The number of hydrogen-bond acceptors (Lipinski definition) is 5. The fraction of sp³-hybridized carbons (Fsp3) is 0.391. The Hall–Kier alpha value is -3.02. The first-order valence-corrected chi connectivity index (χ1v) is 10.1. The van der Waals surface area contributed by atoms with Crippen molar-refractivity contribution in [3.63, 3.8) is 0 Å². The monoisotopic (exact) mass is 391 g/mol. The van der Waals surface area contributed by atoms with Crippen LogP contribution < -0.4 is 9.47 Å².